The van der Waals surface area contributed by atoms with Gasteiger partial charge in [-0.1, -0.05) is 6.92 Å². The Morgan fingerprint density at radius 3 is 2.65 bits per heavy atom. The van der Waals surface area contributed by atoms with E-state index in [-0.39, 0.29) is 18.6 Å². The van der Waals surface area contributed by atoms with Crippen LogP contribution in [-0.4, -0.2) is 64.6 Å². The highest BCUT2D eigenvalue weighted by atomic mass is 16.3. The maximum absolute atomic E-state index is 12.5. The van der Waals surface area contributed by atoms with E-state index in [9.17, 15) is 9.90 Å². The van der Waals surface area contributed by atoms with Crippen LogP contribution in [0.5, 0.6) is 0 Å². The number of carbonyl (C=O) groups is 1. The Morgan fingerprint density at radius 2 is 2.10 bits per heavy atom. The van der Waals surface area contributed by atoms with E-state index in [0.29, 0.717) is 18.7 Å². The summed E-state index contributed by atoms with van der Waals surface area (Å²) >= 11 is 0. The first-order chi connectivity index (χ1) is 9.67. The summed E-state index contributed by atoms with van der Waals surface area (Å²) in [7, 11) is 0. The Kier molecular flexibility index (Phi) is 5.09. The molecule has 110 valence electrons. The van der Waals surface area contributed by atoms with Crippen LogP contribution < -0.4 is 0 Å². The number of piperazine rings is 1. The predicted octanol–water partition coefficient (Wildman–Crippen LogP) is 0.919. The molecule has 1 aliphatic heterocycles. The summed E-state index contributed by atoms with van der Waals surface area (Å²) in [6, 6.07) is 3.85. The zero-order valence-corrected chi connectivity index (χ0v) is 12.2. The molecular weight excluding hydrogens is 254 g/mol. The average molecular weight is 277 g/mol. The first kappa shape index (κ1) is 14.9. The van der Waals surface area contributed by atoms with Gasteiger partial charge in [-0.2, -0.15) is 0 Å². The summed E-state index contributed by atoms with van der Waals surface area (Å²) < 4.78 is 0. The number of hydrogen-bond donors (Lipinski definition) is 1. The van der Waals surface area contributed by atoms with Gasteiger partial charge in [-0.3, -0.25) is 14.7 Å². The van der Waals surface area contributed by atoms with Gasteiger partial charge in [0.1, 0.15) is 0 Å². The van der Waals surface area contributed by atoms with Crippen molar-refractivity contribution in [3.05, 3.63) is 29.6 Å². The molecule has 2 heterocycles. The second kappa shape index (κ2) is 6.81. The minimum Gasteiger partial charge on any atom is -0.395 e. The van der Waals surface area contributed by atoms with Crippen molar-refractivity contribution in [1.82, 2.24) is 14.8 Å². The maximum atomic E-state index is 12.5. The zero-order chi connectivity index (χ0) is 14.5. The van der Waals surface area contributed by atoms with Crippen molar-refractivity contribution in [3.8, 4) is 0 Å². The lowest BCUT2D eigenvalue weighted by Gasteiger charge is -2.38. The molecule has 1 N–H and O–H groups in total. The highest BCUT2D eigenvalue weighted by Gasteiger charge is 2.26. The summed E-state index contributed by atoms with van der Waals surface area (Å²) in [5.74, 6) is 0.0623. The lowest BCUT2D eigenvalue weighted by atomic mass is 10.1. The van der Waals surface area contributed by atoms with E-state index in [1.165, 1.54) is 0 Å². The number of aromatic nitrogens is 1. The molecule has 1 atom stereocenters. The second-order valence-electron chi connectivity index (χ2n) is 5.21. The summed E-state index contributed by atoms with van der Waals surface area (Å²) in [5, 5.41) is 9.34. The minimum absolute atomic E-state index is 0.0623. The van der Waals surface area contributed by atoms with Crippen LogP contribution in [0.2, 0.25) is 0 Å². The number of aliphatic hydroxyl groups excluding tert-OH is 1. The third-order valence-electron chi connectivity index (χ3n) is 4.04. The molecule has 0 radical (unpaired) electrons. The molecular formula is C15H23N3O2. The number of pyridine rings is 1. The van der Waals surface area contributed by atoms with E-state index >= 15 is 0 Å². The molecule has 5 nitrogen and oxygen atoms in total. The van der Waals surface area contributed by atoms with Gasteiger partial charge in [0.05, 0.1) is 12.2 Å². The number of aliphatic hydroxyl groups is 1. The minimum atomic E-state index is 0.0623. The number of rotatable bonds is 4. The fraction of sp³-hybridized carbons (Fsp3) is 0.600. The van der Waals surface area contributed by atoms with Crippen molar-refractivity contribution in [1.29, 1.82) is 0 Å². The molecule has 5 heteroatoms. The van der Waals surface area contributed by atoms with Crippen molar-refractivity contribution in [2.45, 2.75) is 26.3 Å². The molecule has 1 saturated heterocycles. The lowest BCUT2D eigenvalue weighted by molar-refractivity contribution is 0.0471. The Hall–Kier alpha value is -1.46. The summed E-state index contributed by atoms with van der Waals surface area (Å²) in [6.07, 6.45) is 2.64. The number of hydrogen-bond acceptors (Lipinski definition) is 4. The van der Waals surface area contributed by atoms with Crippen LogP contribution in [0.3, 0.4) is 0 Å². The lowest BCUT2D eigenvalue weighted by Crippen LogP contribution is -2.52. The monoisotopic (exact) mass is 277 g/mol. The highest BCUT2D eigenvalue weighted by molar-refractivity contribution is 5.95. The molecule has 1 unspecified atom stereocenters. The van der Waals surface area contributed by atoms with Gasteiger partial charge in [0, 0.05) is 44.1 Å². The van der Waals surface area contributed by atoms with Gasteiger partial charge in [-0.15, -0.1) is 0 Å². The highest BCUT2D eigenvalue weighted by Crippen LogP contribution is 2.13. The fourth-order valence-electron chi connectivity index (χ4n) is 2.67. The molecule has 1 aliphatic rings. The Balaban J connectivity index is 1.97. The number of carbonyl (C=O) groups excluding carboxylic acids is 1. The van der Waals surface area contributed by atoms with Crippen molar-refractivity contribution in [2.24, 2.45) is 0 Å². The first-order valence-electron chi connectivity index (χ1n) is 7.23. The molecule has 1 fully saturated rings. The molecule has 1 amide bonds. The van der Waals surface area contributed by atoms with E-state index in [2.05, 4.69) is 16.8 Å². The molecule has 2 rings (SSSR count). The number of nitrogens with zero attached hydrogens (tertiary/aromatic N) is 3. The largest absolute Gasteiger partial charge is 0.395 e. The van der Waals surface area contributed by atoms with Crippen LogP contribution in [0.15, 0.2) is 18.3 Å². The molecule has 1 aromatic heterocycles. The van der Waals surface area contributed by atoms with Gasteiger partial charge in [-0.05, 0) is 25.5 Å². The van der Waals surface area contributed by atoms with Crippen LogP contribution >= 0.6 is 0 Å². The smallest absolute Gasteiger partial charge is 0.255 e. The zero-order valence-electron chi connectivity index (χ0n) is 12.2. The molecule has 0 saturated carbocycles. The average Bonchev–Trinajstić information content (AvgIpc) is 2.49. The fourth-order valence-corrected chi connectivity index (χ4v) is 2.67. The molecule has 0 aliphatic carbocycles. The Labute approximate surface area is 120 Å². The molecule has 0 aromatic carbocycles. The second-order valence-corrected chi connectivity index (χ2v) is 5.21. The van der Waals surface area contributed by atoms with Crippen LogP contribution in [0.1, 0.15) is 29.4 Å². The van der Waals surface area contributed by atoms with Gasteiger partial charge in [-0.25, -0.2) is 0 Å². The maximum Gasteiger partial charge on any atom is 0.255 e. The third-order valence-corrected chi connectivity index (χ3v) is 4.04. The standard InChI is InChI=1S/C15H23N3O2/c1-3-13(11-19)17-7-9-18(10-8-17)15(20)14-5-4-6-16-12(14)2/h4-6,13,19H,3,7-11H2,1-2H3. The SMILES string of the molecule is CCC(CO)N1CCN(C(=O)c2cccnc2C)CC1. The van der Waals surface area contributed by atoms with Gasteiger partial charge in [0.25, 0.3) is 5.91 Å². The van der Waals surface area contributed by atoms with Crippen LogP contribution in [0.4, 0.5) is 0 Å². The van der Waals surface area contributed by atoms with E-state index in [4.69, 9.17) is 0 Å². The van der Waals surface area contributed by atoms with Crippen LogP contribution in [-0.2, 0) is 0 Å². The van der Waals surface area contributed by atoms with Crippen molar-refractivity contribution < 1.29 is 9.90 Å². The Morgan fingerprint density at radius 1 is 1.40 bits per heavy atom. The topological polar surface area (TPSA) is 56.7 Å². The molecule has 0 bridgehead atoms. The van der Waals surface area contributed by atoms with Gasteiger partial charge in [0.15, 0.2) is 0 Å². The molecule has 0 spiro atoms. The van der Waals surface area contributed by atoms with Crippen molar-refractivity contribution in [3.63, 3.8) is 0 Å². The van der Waals surface area contributed by atoms with Gasteiger partial charge < -0.3 is 10.0 Å². The van der Waals surface area contributed by atoms with Crippen molar-refractivity contribution in [2.75, 3.05) is 32.8 Å². The first-order valence-corrected chi connectivity index (χ1v) is 7.23. The quantitative estimate of drug-likeness (QED) is 0.889. The van der Waals surface area contributed by atoms with E-state index < -0.39 is 0 Å². The van der Waals surface area contributed by atoms with Gasteiger partial charge in [0.2, 0.25) is 0 Å². The molecule has 1 aromatic rings. The summed E-state index contributed by atoms with van der Waals surface area (Å²) in [5.41, 5.74) is 1.47. The van der Waals surface area contributed by atoms with Crippen molar-refractivity contribution >= 4 is 5.91 Å². The van der Waals surface area contributed by atoms with Gasteiger partial charge >= 0.3 is 0 Å². The number of amides is 1. The predicted molar refractivity (Wildman–Crippen MR) is 77.6 cm³/mol. The summed E-state index contributed by atoms with van der Waals surface area (Å²) in [4.78, 5) is 20.8. The normalized spacial score (nSPS) is 18.1. The summed E-state index contributed by atoms with van der Waals surface area (Å²) in [6.45, 7) is 7.20. The van der Waals surface area contributed by atoms with E-state index in [0.717, 1.165) is 25.2 Å². The molecule has 20 heavy (non-hydrogen) atoms. The van der Waals surface area contributed by atoms with E-state index in [1.807, 2.05) is 17.9 Å². The van der Waals surface area contributed by atoms with Crippen LogP contribution in [0, 0.1) is 6.92 Å². The van der Waals surface area contributed by atoms with E-state index in [1.54, 1.807) is 12.3 Å². The number of aryl methyl sites for hydroxylation is 1. The van der Waals surface area contributed by atoms with Crippen LogP contribution in [0.25, 0.3) is 0 Å². The third kappa shape index (κ3) is 3.16. The Bertz CT molecular complexity index is 452.